The highest BCUT2D eigenvalue weighted by Crippen LogP contribution is 2.40. The molecule has 0 N–H and O–H groups in total. The minimum absolute atomic E-state index is 0.822. The first kappa shape index (κ1) is 10.9. The largest absolute Gasteiger partial charge is 0.0763 e. The van der Waals surface area contributed by atoms with Gasteiger partial charge in [-0.25, -0.2) is 0 Å². The van der Waals surface area contributed by atoms with E-state index < -0.39 is 0 Å². The van der Waals surface area contributed by atoms with Gasteiger partial charge in [0.2, 0.25) is 0 Å². The van der Waals surface area contributed by atoms with E-state index in [2.05, 4.69) is 42.5 Å². The molecule has 0 saturated heterocycles. The van der Waals surface area contributed by atoms with Crippen molar-refractivity contribution in [1.29, 1.82) is 0 Å². The summed E-state index contributed by atoms with van der Waals surface area (Å²) in [5, 5.41) is 7.49. The van der Waals surface area contributed by atoms with Gasteiger partial charge in [0.25, 0.3) is 0 Å². The molecule has 0 radical (unpaired) electrons. The van der Waals surface area contributed by atoms with E-state index in [1.54, 1.807) is 16.3 Å². The molecule has 20 heavy (non-hydrogen) atoms. The summed E-state index contributed by atoms with van der Waals surface area (Å²) >= 11 is 0. The fourth-order valence-corrected chi connectivity index (χ4v) is 4.61. The fraction of sp³-hybridized carbons (Fsp3) is 0.300. The topological polar surface area (TPSA) is 0 Å². The average molecular weight is 258 g/mol. The van der Waals surface area contributed by atoms with Crippen LogP contribution in [-0.2, 0) is 6.42 Å². The summed E-state index contributed by atoms with van der Waals surface area (Å²) in [4.78, 5) is 0. The van der Waals surface area contributed by atoms with E-state index in [-0.39, 0.29) is 0 Å². The molecule has 0 spiro atoms. The average Bonchev–Trinajstić information content (AvgIpc) is 2.52. The number of fused-ring (bicyclic) bond motifs is 2. The molecule has 1 unspecified atom stereocenters. The molecule has 2 aliphatic carbocycles. The van der Waals surface area contributed by atoms with Crippen molar-refractivity contribution in [2.24, 2.45) is 0 Å². The Morgan fingerprint density at radius 3 is 2.65 bits per heavy atom. The third-order valence-corrected chi connectivity index (χ3v) is 5.39. The van der Waals surface area contributed by atoms with Gasteiger partial charge in [0.15, 0.2) is 0 Å². The quantitative estimate of drug-likeness (QED) is 0.548. The molecule has 0 nitrogen and oxygen atoms in total. The van der Waals surface area contributed by atoms with Gasteiger partial charge in [-0.15, -0.1) is 0 Å². The summed E-state index contributed by atoms with van der Waals surface area (Å²) in [7, 11) is 0. The van der Waals surface area contributed by atoms with E-state index in [4.69, 9.17) is 0 Å². The molecule has 0 heterocycles. The minimum atomic E-state index is 0.822. The Hall–Kier alpha value is -1.82. The summed E-state index contributed by atoms with van der Waals surface area (Å²) in [5.74, 6) is 0.822. The van der Waals surface area contributed by atoms with Gasteiger partial charge in [-0.1, -0.05) is 42.5 Å². The maximum atomic E-state index is 2.50. The molecule has 0 heteroatoms. The Morgan fingerprint density at radius 2 is 1.75 bits per heavy atom. The van der Waals surface area contributed by atoms with Gasteiger partial charge in [-0.3, -0.25) is 0 Å². The molecular formula is C20H18. The zero-order valence-corrected chi connectivity index (χ0v) is 11.7. The molecule has 2 aliphatic rings. The van der Waals surface area contributed by atoms with Crippen molar-refractivity contribution in [2.45, 2.75) is 38.0 Å². The highest BCUT2D eigenvalue weighted by Gasteiger charge is 2.26. The van der Waals surface area contributed by atoms with Crippen LogP contribution in [0.25, 0.3) is 27.6 Å². The number of aryl methyl sites for hydroxylation is 1. The Kier molecular flexibility index (Phi) is 2.10. The van der Waals surface area contributed by atoms with Crippen LogP contribution in [-0.4, -0.2) is 0 Å². The van der Waals surface area contributed by atoms with Crippen molar-refractivity contribution >= 4 is 27.6 Å². The Labute approximate surface area is 119 Å². The Morgan fingerprint density at radius 1 is 0.900 bits per heavy atom. The lowest BCUT2D eigenvalue weighted by atomic mass is 9.74. The van der Waals surface area contributed by atoms with Gasteiger partial charge in [0.05, 0.1) is 0 Å². The van der Waals surface area contributed by atoms with E-state index in [0.717, 1.165) is 5.92 Å². The van der Waals surface area contributed by atoms with E-state index in [0.29, 0.717) is 0 Å². The van der Waals surface area contributed by atoms with Gasteiger partial charge in [0.1, 0.15) is 0 Å². The van der Waals surface area contributed by atoms with Crippen LogP contribution in [0.4, 0.5) is 0 Å². The van der Waals surface area contributed by atoms with Crippen LogP contribution in [0.1, 0.15) is 42.7 Å². The van der Waals surface area contributed by atoms with E-state index >= 15 is 0 Å². The maximum Gasteiger partial charge on any atom is -0.00300 e. The smallest absolute Gasteiger partial charge is 0.00300 e. The summed E-state index contributed by atoms with van der Waals surface area (Å²) in [5.41, 5.74) is 3.37. The third kappa shape index (κ3) is 1.27. The van der Waals surface area contributed by atoms with Crippen LogP contribution >= 0.6 is 0 Å². The highest BCUT2D eigenvalue weighted by atomic mass is 14.3. The van der Waals surface area contributed by atoms with Crippen LogP contribution in [0, 0.1) is 0 Å². The minimum Gasteiger partial charge on any atom is -0.0763 e. The molecule has 1 atom stereocenters. The van der Waals surface area contributed by atoms with Crippen molar-refractivity contribution in [2.75, 3.05) is 0 Å². The van der Waals surface area contributed by atoms with Gasteiger partial charge in [-0.2, -0.15) is 0 Å². The second-order valence-corrected chi connectivity index (χ2v) is 6.39. The van der Waals surface area contributed by atoms with Gasteiger partial charge in [0, 0.05) is 0 Å². The molecule has 3 aromatic carbocycles. The standard InChI is InChI=1S/C20H18/c1-5-13-6-2-11-17-18-12-4-8-14-7-3-10-16(20(14)18)15(9-1)19(13)17/h1-2,5-6,9-11,14H,3-4,7-8,12H2. The molecular weight excluding hydrogens is 240 g/mol. The lowest BCUT2D eigenvalue weighted by Crippen LogP contribution is -2.25. The van der Waals surface area contributed by atoms with Crippen molar-refractivity contribution in [3.05, 3.63) is 52.7 Å². The predicted molar refractivity (Wildman–Crippen MR) is 86.1 cm³/mol. The van der Waals surface area contributed by atoms with E-state index in [1.807, 2.05) is 0 Å². The van der Waals surface area contributed by atoms with E-state index in [1.165, 1.54) is 53.6 Å². The molecule has 0 aromatic heterocycles. The van der Waals surface area contributed by atoms with Crippen LogP contribution in [0.5, 0.6) is 0 Å². The Balaban J connectivity index is 2.12. The maximum absolute atomic E-state index is 2.50. The SMILES string of the molecule is C1=c2c3c(c4cccc5cccc2c54)CCCC3CC1. The van der Waals surface area contributed by atoms with Crippen molar-refractivity contribution in [3.63, 3.8) is 0 Å². The van der Waals surface area contributed by atoms with Crippen molar-refractivity contribution < 1.29 is 0 Å². The van der Waals surface area contributed by atoms with Gasteiger partial charge in [-0.05, 0) is 75.9 Å². The number of benzene rings is 3. The van der Waals surface area contributed by atoms with Crippen LogP contribution in [0.15, 0.2) is 36.4 Å². The monoisotopic (exact) mass is 258 g/mol. The molecule has 98 valence electrons. The molecule has 5 rings (SSSR count). The lowest BCUT2D eigenvalue weighted by molar-refractivity contribution is 0.521. The molecule has 3 aromatic rings. The van der Waals surface area contributed by atoms with Crippen LogP contribution < -0.4 is 5.22 Å². The molecule has 0 aliphatic heterocycles. The zero-order chi connectivity index (χ0) is 13.1. The second kappa shape index (κ2) is 3.85. The first-order valence-electron chi connectivity index (χ1n) is 7.89. The Bertz CT molecular complexity index is 880. The zero-order valence-electron chi connectivity index (χ0n) is 11.7. The normalized spacial score (nSPS) is 20.9. The van der Waals surface area contributed by atoms with Crippen LogP contribution in [0.3, 0.4) is 0 Å². The van der Waals surface area contributed by atoms with Crippen molar-refractivity contribution in [3.8, 4) is 0 Å². The first-order valence-corrected chi connectivity index (χ1v) is 7.89. The summed E-state index contributed by atoms with van der Waals surface area (Å²) in [6, 6.07) is 13.7. The van der Waals surface area contributed by atoms with Crippen molar-refractivity contribution in [1.82, 2.24) is 0 Å². The molecule has 0 amide bonds. The number of rotatable bonds is 0. The first-order chi connectivity index (χ1) is 9.93. The predicted octanol–water partition coefficient (Wildman–Crippen LogP) is 4.71. The fourth-order valence-electron chi connectivity index (χ4n) is 4.61. The van der Waals surface area contributed by atoms with E-state index in [9.17, 15) is 0 Å². The second-order valence-electron chi connectivity index (χ2n) is 6.39. The molecule has 0 saturated carbocycles. The highest BCUT2D eigenvalue weighted by molar-refractivity contribution is 6.12. The number of hydrogen-bond donors (Lipinski definition) is 0. The third-order valence-electron chi connectivity index (χ3n) is 5.39. The van der Waals surface area contributed by atoms with Gasteiger partial charge >= 0.3 is 0 Å². The summed E-state index contributed by atoms with van der Waals surface area (Å²) in [6.07, 6.45) is 9.16. The summed E-state index contributed by atoms with van der Waals surface area (Å²) in [6.45, 7) is 0. The molecule has 0 fully saturated rings. The molecule has 0 bridgehead atoms. The number of hydrogen-bond acceptors (Lipinski definition) is 0. The van der Waals surface area contributed by atoms with Gasteiger partial charge < -0.3 is 0 Å². The lowest BCUT2D eigenvalue weighted by Gasteiger charge is -2.31. The summed E-state index contributed by atoms with van der Waals surface area (Å²) < 4.78 is 0. The van der Waals surface area contributed by atoms with Crippen LogP contribution in [0.2, 0.25) is 0 Å².